The average molecular weight is 365 g/mol. The normalized spacial score (nSPS) is 11.3. The summed E-state index contributed by atoms with van der Waals surface area (Å²) in [6.45, 7) is -0.594. The summed E-state index contributed by atoms with van der Waals surface area (Å²) in [5.41, 5.74) is -0.969. The highest BCUT2D eigenvalue weighted by molar-refractivity contribution is 5.89. The lowest BCUT2D eigenvalue weighted by Gasteiger charge is -2.08. The number of carbonyl (C=O) groups is 1. The van der Waals surface area contributed by atoms with Gasteiger partial charge in [0.25, 0.3) is 0 Å². The first-order valence-electron chi connectivity index (χ1n) is 7.18. The monoisotopic (exact) mass is 365 g/mol. The van der Waals surface area contributed by atoms with E-state index in [2.05, 4.69) is 14.7 Å². The molecule has 0 saturated heterocycles. The molecule has 0 saturated carbocycles. The summed E-state index contributed by atoms with van der Waals surface area (Å²) in [4.78, 5) is 27.4. The van der Waals surface area contributed by atoms with Gasteiger partial charge in [-0.15, -0.1) is 0 Å². The number of carbonyl (C=O) groups excluding carboxylic acids is 1. The van der Waals surface area contributed by atoms with Gasteiger partial charge >= 0.3 is 17.9 Å². The molecule has 3 aromatic rings. The van der Waals surface area contributed by atoms with Gasteiger partial charge in [0, 0.05) is 6.20 Å². The Labute approximate surface area is 143 Å². The van der Waals surface area contributed by atoms with Crippen LogP contribution in [-0.2, 0) is 17.6 Å². The molecule has 2 heterocycles. The molecule has 7 nitrogen and oxygen atoms in total. The van der Waals surface area contributed by atoms with Crippen LogP contribution in [-0.4, -0.2) is 20.7 Å². The van der Waals surface area contributed by atoms with Crippen LogP contribution in [0.3, 0.4) is 0 Å². The highest BCUT2D eigenvalue weighted by atomic mass is 19.4. The fourth-order valence-electron chi connectivity index (χ4n) is 2.08. The molecule has 0 fully saturated rings. The Morgan fingerprint density at radius 2 is 1.92 bits per heavy atom. The molecule has 0 aliphatic heterocycles. The number of esters is 1. The second-order valence-corrected chi connectivity index (χ2v) is 5.05. The Bertz CT molecular complexity index is 980. The minimum absolute atomic E-state index is 0.246. The molecule has 0 amide bonds. The predicted molar refractivity (Wildman–Crippen MR) is 80.9 cm³/mol. The van der Waals surface area contributed by atoms with Crippen molar-refractivity contribution in [1.29, 1.82) is 0 Å². The number of hydrogen-bond acceptors (Lipinski definition) is 6. The summed E-state index contributed by atoms with van der Waals surface area (Å²) in [6.07, 6.45) is -3.66. The summed E-state index contributed by atoms with van der Waals surface area (Å²) in [7, 11) is 0. The van der Waals surface area contributed by atoms with Crippen LogP contribution >= 0.6 is 0 Å². The van der Waals surface area contributed by atoms with Crippen LogP contribution in [0.2, 0.25) is 0 Å². The van der Waals surface area contributed by atoms with E-state index in [0.29, 0.717) is 6.07 Å². The highest BCUT2D eigenvalue weighted by Crippen LogP contribution is 2.30. The lowest BCUT2D eigenvalue weighted by molar-refractivity contribution is -0.137. The van der Waals surface area contributed by atoms with Crippen molar-refractivity contribution in [3.8, 4) is 11.5 Å². The van der Waals surface area contributed by atoms with Crippen molar-refractivity contribution in [2.24, 2.45) is 0 Å². The quantitative estimate of drug-likeness (QED) is 0.661. The van der Waals surface area contributed by atoms with Gasteiger partial charge in [-0.1, -0.05) is 23.4 Å². The van der Waals surface area contributed by atoms with E-state index in [1.54, 1.807) is 18.2 Å². The van der Waals surface area contributed by atoms with Crippen molar-refractivity contribution in [3.63, 3.8) is 0 Å². The van der Waals surface area contributed by atoms with E-state index < -0.39 is 30.2 Å². The van der Waals surface area contributed by atoms with E-state index in [1.807, 2.05) is 0 Å². The molecule has 0 aliphatic carbocycles. The largest absolute Gasteiger partial charge is 0.444 e. The molecule has 0 N–H and O–H groups in total. The number of aromatic nitrogens is 3. The standard InChI is InChI=1S/C16H10F3N3O4/c17-16(18,19)11-6-7-20-12(8-11)13-21-26-15(24)22(13)9-25-14(23)10-4-2-1-3-5-10/h1-8H,9H2. The van der Waals surface area contributed by atoms with Gasteiger partial charge in [-0.25, -0.2) is 14.2 Å². The van der Waals surface area contributed by atoms with Gasteiger partial charge in [0.05, 0.1) is 11.1 Å². The molecule has 10 heteroatoms. The third kappa shape index (κ3) is 3.63. The minimum Gasteiger partial charge on any atom is -0.440 e. The van der Waals surface area contributed by atoms with E-state index in [1.165, 1.54) is 12.1 Å². The van der Waals surface area contributed by atoms with E-state index in [0.717, 1.165) is 16.8 Å². The van der Waals surface area contributed by atoms with Crippen molar-refractivity contribution in [3.05, 3.63) is 70.3 Å². The molecule has 26 heavy (non-hydrogen) atoms. The Morgan fingerprint density at radius 3 is 2.62 bits per heavy atom. The number of alkyl halides is 3. The number of halogens is 3. The van der Waals surface area contributed by atoms with E-state index >= 15 is 0 Å². The van der Waals surface area contributed by atoms with Crippen molar-refractivity contribution in [1.82, 2.24) is 14.7 Å². The van der Waals surface area contributed by atoms with Crippen LogP contribution in [0.5, 0.6) is 0 Å². The van der Waals surface area contributed by atoms with Crippen LogP contribution < -0.4 is 5.76 Å². The maximum absolute atomic E-state index is 12.8. The van der Waals surface area contributed by atoms with Crippen LogP contribution in [0.4, 0.5) is 13.2 Å². The van der Waals surface area contributed by atoms with Gasteiger partial charge < -0.3 is 4.74 Å². The zero-order chi connectivity index (χ0) is 18.7. The molecule has 0 bridgehead atoms. The molecule has 134 valence electrons. The second kappa shape index (κ2) is 6.82. The van der Waals surface area contributed by atoms with Gasteiger partial charge in [0.2, 0.25) is 5.82 Å². The molecule has 0 spiro atoms. The van der Waals surface area contributed by atoms with Gasteiger partial charge in [0.1, 0.15) is 5.69 Å². The van der Waals surface area contributed by atoms with Gasteiger partial charge in [-0.2, -0.15) is 13.2 Å². The van der Waals surface area contributed by atoms with E-state index in [4.69, 9.17) is 4.74 Å². The predicted octanol–water partition coefficient (Wildman–Crippen LogP) is 2.73. The SMILES string of the molecule is O=C(OCn1c(-c2cc(C(F)(F)F)ccn2)noc1=O)c1ccccc1. The molecule has 0 radical (unpaired) electrons. The summed E-state index contributed by atoms with van der Waals surface area (Å²) in [5.74, 6) is -2.01. The van der Waals surface area contributed by atoms with Crippen LogP contribution in [0, 0.1) is 0 Å². The Morgan fingerprint density at radius 1 is 1.19 bits per heavy atom. The zero-order valence-corrected chi connectivity index (χ0v) is 12.9. The maximum Gasteiger partial charge on any atom is 0.444 e. The smallest absolute Gasteiger partial charge is 0.440 e. The molecule has 3 rings (SSSR count). The molecular weight excluding hydrogens is 355 g/mol. The Hall–Kier alpha value is -3.43. The molecule has 1 aromatic carbocycles. The van der Waals surface area contributed by atoms with Crippen molar-refractivity contribution < 1.29 is 27.2 Å². The number of hydrogen-bond donors (Lipinski definition) is 0. The number of pyridine rings is 1. The number of benzene rings is 1. The number of ether oxygens (including phenoxy) is 1. The summed E-state index contributed by atoms with van der Waals surface area (Å²) in [5, 5.41) is 3.41. The first-order valence-corrected chi connectivity index (χ1v) is 7.18. The average Bonchev–Trinajstić information content (AvgIpc) is 3.00. The second-order valence-electron chi connectivity index (χ2n) is 5.05. The first-order chi connectivity index (χ1) is 12.4. The molecule has 2 aromatic heterocycles. The van der Waals surface area contributed by atoms with Crippen molar-refractivity contribution >= 4 is 5.97 Å². The summed E-state index contributed by atoms with van der Waals surface area (Å²) < 4.78 is 48.7. The van der Waals surface area contributed by atoms with Crippen molar-refractivity contribution in [2.75, 3.05) is 0 Å². The third-order valence-electron chi connectivity index (χ3n) is 3.34. The maximum atomic E-state index is 12.8. The molecular formula is C16H10F3N3O4. The Balaban J connectivity index is 1.86. The molecule has 0 atom stereocenters. The molecule has 0 aliphatic rings. The highest BCUT2D eigenvalue weighted by Gasteiger charge is 2.31. The fraction of sp³-hybridized carbons (Fsp3) is 0.125. The van der Waals surface area contributed by atoms with Crippen molar-refractivity contribution in [2.45, 2.75) is 12.9 Å². The lowest BCUT2D eigenvalue weighted by Crippen LogP contribution is -2.20. The summed E-state index contributed by atoms with van der Waals surface area (Å²) in [6, 6.07) is 9.47. The van der Waals surface area contributed by atoms with Crippen LogP contribution in [0.1, 0.15) is 15.9 Å². The zero-order valence-electron chi connectivity index (χ0n) is 12.9. The third-order valence-corrected chi connectivity index (χ3v) is 3.34. The minimum atomic E-state index is -4.59. The van der Waals surface area contributed by atoms with E-state index in [9.17, 15) is 22.8 Å². The topological polar surface area (TPSA) is 87.2 Å². The lowest BCUT2D eigenvalue weighted by atomic mass is 10.2. The first kappa shape index (κ1) is 17.4. The van der Waals surface area contributed by atoms with Crippen LogP contribution in [0.25, 0.3) is 11.5 Å². The van der Waals surface area contributed by atoms with Gasteiger partial charge in [-0.3, -0.25) is 9.51 Å². The van der Waals surface area contributed by atoms with Crippen LogP contribution in [0.15, 0.2) is 58.0 Å². The van der Waals surface area contributed by atoms with Gasteiger partial charge in [-0.05, 0) is 24.3 Å². The number of rotatable bonds is 4. The van der Waals surface area contributed by atoms with Gasteiger partial charge in [0.15, 0.2) is 6.73 Å². The fourth-order valence-corrected chi connectivity index (χ4v) is 2.08. The summed E-state index contributed by atoms with van der Waals surface area (Å²) >= 11 is 0. The van der Waals surface area contributed by atoms with E-state index in [-0.39, 0.29) is 17.1 Å². The Kier molecular flexibility index (Phi) is 4.57. The number of nitrogens with zero attached hydrogens (tertiary/aromatic N) is 3. The molecule has 0 unspecified atom stereocenters.